The molecular formula is C38H26Cl4O2. The Labute approximate surface area is 277 Å². The van der Waals surface area contributed by atoms with Crippen molar-refractivity contribution in [3.8, 4) is 23.3 Å². The lowest BCUT2D eigenvalue weighted by Crippen LogP contribution is -1.98. The molecule has 0 aromatic heterocycles. The van der Waals surface area contributed by atoms with Crippen LogP contribution < -0.4 is 9.47 Å². The molecule has 218 valence electrons. The molecule has 6 aromatic carbocycles. The van der Waals surface area contributed by atoms with E-state index in [9.17, 15) is 0 Å². The van der Waals surface area contributed by atoms with Crippen LogP contribution in [0.25, 0.3) is 21.5 Å². The second kappa shape index (κ2) is 13.0. The number of fused-ring (bicyclic) bond motifs is 2. The molecule has 0 spiro atoms. The Morgan fingerprint density at radius 3 is 1.27 bits per heavy atom. The molecule has 0 atom stereocenters. The van der Waals surface area contributed by atoms with Crippen molar-refractivity contribution in [1.82, 2.24) is 0 Å². The van der Waals surface area contributed by atoms with Gasteiger partial charge in [-0.15, -0.1) is 0 Å². The number of ether oxygens (including phenoxy) is 2. The minimum Gasteiger partial charge on any atom is -0.488 e. The molecule has 6 rings (SSSR count). The summed E-state index contributed by atoms with van der Waals surface area (Å²) in [5.41, 5.74) is 5.70. The van der Waals surface area contributed by atoms with E-state index in [4.69, 9.17) is 55.9 Å². The number of rotatable bonds is 6. The minimum atomic E-state index is 0.321. The topological polar surface area (TPSA) is 18.5 Å². The van der Waals surface area contributed by atoms with Crippen molar-refractivity contribution < 1.29 is 9.47 Å². The van der Waals surface area contributed by atoms with Gasteiger partial charge in [-0.1, -0.05) is 107 Å². The van der Waals surface area contributed by atoms with Crippen LogP contribution >= 0.6 is 46.4 Å². The molecule has 0 saturated carbocycles. The van der Waals surface area contributed by atoms with E-state index in [1.807, 2.05) is 48.5 Å². The Hall–Kier alpha value is -3.84. The first kappa shape index (κ1) is 30.2. The van der Waals surface area contributed by atoms with Crippen LogP contribution in [0, 0.1) is 25.7 Å². The molecule has 0 radical (unpaired) electrons. The predicted octanol–water partition coefficient (Wildman–Crippen LogP) is 11.8. The van der Waals surface area contributed by atoms with Crippen LogP contribution in [-0.4, -0.2) is 0 Å². The van der Waals surface area contributed by atoms with Crippen LogP contribution in [0.4, 0.5) is 0 Å². The normalized spacial score (nSPS) is 11.0. The van der Waals surface area contributed by atoms with Crippen LogP contribution in [0.15, 0.2) is 97.1 Å². The second-order valence-corrected chi connectivity index (χ2v) is 12.4. The summed E-state index contributed by atoms with van der Waals surface area (Å²) in [5, 5.41) is 6.28. The van der Waals surface area contributed by atoms with Gasteiger partial charge in [0.15, 0.2) is 0 Å². The number of halogens is 4. The summed E-state index contributed by atoms with van der Waals surface area (Å²) in [7, 11) is 0. The molecule has 0 aliphatic carbocycles. The Bertz CT molecular complexity index is 1920. The second-order valence-electron chi connectivity index (χ2n) is 10.6. The molecule has 0 fully saturated rings. The lowest BCUT2D eigenvalue weighted by Gasteiger charge is -2.14. The lowest BCUT2D eigenvalue weighted by atomic mass is 9.96. The van der Waals surface area contributed by atoms with Gasteiger partial charge in [0, 0.05) is 42.0 Å². The van der Waals surface area contributed by atoms with E-state index >= 15 is 0 Å². The van der Waals surface area contributed by atoms with Crippen molar-refractivity contribution in [2.75, 3.05) is 0 Å². The average molecular weight is 656 g/mol. The van der Waals surface area contributed by atoms with E-state index in [1.54, 1.807) is 12.1 Å². The fourth-order valence-electron chi connectivity index (χ4n) is 5.30. The SMILES string of the molecule is Cc1ccc2cccc(OCc3cc(Cl)cc(Cl)c3)c2c1C#Cc1c(C)ccc2cccc(OCc3cc(Cl)cc(Cl)c3)c12. The molecule has 44 heavy (non-hydrogen) atoms. The zero-order valence-corrected chi connectivity index (χ0v) is 27.0. The molecule has 0 amide bonds. The molecule has 6 heteroatoms. The van der Waals surface area contributed by atoms with Gasteiger partial charge in [0.2, 0.25) is 0 Å². The Morgan fingerprint density at radius 1 is 0.500 bits per heavy atom. The highest BCUT2D eigenvalue weighted by Gasteiger charge is 2.13. The zero-order valence-electron chi connectivity index (χ0n) is 24.0. The largest absolute Gasteiger partial charge is 0.488 e. The maximum atomic E-state index is 6.34. The maximum Gasteiger partial charge on any atom is 0.128 e. The number of hydrogen-bond donors (Lipinski definition) is 0. The summed E-state index contributed by atoms with van der Waals surface area (Å²) in [6.07, 6.45) is 0. The zero-order chi connectivity index (χ0) is 30.8. The molecule has 0 bridgehead atoms. The first-order valence-electron chi connectivity index (χ1n) is 14.0. The maximum absolute atomic E-state index is 6.34. The Kier molecular flexibility index (Phi) is 8.94. The summed E-state index contributed by atoms with van der Waals surface area (Å²) in [4.78, 5) is 0. The van der Waals surface area contributed by atoms with Crippen LogP contribution in [0.2, 0.25) is 20.1 Å². The molecule has 6 aromatic rings. The Balaban J connectivity index is 1.41. The van der Waals surface area contributed by atoms with Crippen molar-refractivity contribution in [3.05, 3.63) is 151 Å². The third-order valence-corrected chi connectivity index (χ3v) is 8.25. The third kappa shape index (κ3) is 6.63. The molecule has 0 saturated heterocycles. The molecule has 0 aliphatic rings. The molecule has 0 heterocycles. The minimum absolute atomic E-state index is 0.321. The van der Waals surface area contributed by atoms with Gasteiger partial charge in [0.1, 0.15) is 24.7 Å². The van der Waals surface area contributed by atoms with E-state index in [0.717, 1.165) is 66.4 Å². The highest BCUT2D eigenvalue weighted by molar-refractivity contribution is 6.35. The van der Waals surface area contributed by atoms with Gasteiger partial charge in [0.25, 0.3) is 0 Å². The predicted molar refractivity (Wildman–Crippen MR) is 185 cm³/mol. The number of benzene rings is 6. The van der Waals surface area contributed by atoms with Crippen LogP contribution in [0.5, 0.6) is 11.5 Å². The van der Waals surface area contributed by atoms with Gasteiger partial charge in [-0.25, -0.2) is 0 Å². The van der Waals surface area contributed by atoms with E-state index in [0.29, 0.717) is 33.3 Å². The van der Waals surface area contributed by atoms with Gasteiger partial charge in [-0.2, -0.15) is 0 Å². The summed E-state index contributed by atoms with van der Waals surface area (Å²) >= 11 is 24.9. The van der Waals surface area contributed by atoms with Crippen molar-refractivity contribution in [2.45, 2.75) is 27.1 Å². The standard InChI is InChI=1S/C38H26Cl4O2/c1-23-9-11-27-5-3-7-35(43-21-25-15-29(39)19-30(40)16-25)37(27)33(23)13-14-34-24(2)10-12-28-6-4-8-36(38(28)34)44-22-26-17-31(41)20-32(42)18-26/h3-12,15-20H,21-22H2,1-2H3. The number of aryl methyl sites for hydroxylation is 2. The quantitative estimate of drug-likeness (QED) is 0.166. The molecule has 0 N–H and O–H groups in total. The van der Waals surface area contributed by atoms with Crippen LogP contribution in [0.1, 0.15) is 33.4 Å². The lowest BCUT2D eigenvalue weighted by molar-refractivity contribution is 0.310. The molecular weight excluding hydrogens is 630 g/mol. The van der Waals surface area contributed by atoms with Crippen molar-refractivity contribution >= 4 is 67.9 Å². The summed E-state index contributed by atoms with van der Waals surface area (Å²) in [6.45, 7) is 4.78. The van der Waals surface area contributed by atoms with Crippen LogP contribution in [-0.2, 0) is 13.2 Å². The highest BCUT2D eigenvalue weighted by atomic mass is 35.5. The summed E-state index contributed by atoms with van der Waals surface area (Å²) < 4.78 is 12.7. The van der Waals surface area contributed by atoms with E-state index in [-0.39, 0.29) is 0 Å². The third-order valence-electron chi connectivity index (χ3n) is 7.38. The van der Waals surface area contributed by atoms with Crippen LogP contribution in [0.3, 0.4) is 0 Å². The molecule has 0 aliphatic heterocycles. The van der Waals surface area contributed by atoms with Gasteiger partial charge < -0.3 is 9.47 Å². The summed E-state index contributed by atoms with van der Waals surface area (Å²) in [5.74, 6) is 8.51. The fourth-order valence-corrected chi connectivity index (χ4v) is 6.44. The number of hydrogen-bond acceptors (Lipinski definition) is 2. The van der Waals surface area contributed by atoms with Gasteiger partial charge in [0.05, 0.1) is 0 Å². The van der Waals surface area contributed by atoms with E-state index in [2.05, 4.69) is 62.1 Å². The van der Waals surface area contributed by atoms with Gasteiger partial charge in [-0.05, 0) is 95.4 Å². The first-order chi connectivity index (χ1) is 21.2. The monoisotopic (exact) mass is 654 g/mol. The van der Waals surface area contributed by atoms with Gasteiger partial charge in [-0.3, -0.25) is 0 Å². The fraction of sp³-hybridized carbons (Fsp3) is 0.105. The highest BCUT2D eigenvalue weighted by Crippen LogP contribution is 2.34. The van der Waals surface area contributed by atoms with Crippen molar-refractivity contribution in [1.29, 1.82) is 0 Å². The van der Waals surface area contributed by atoms with E-state index in [1.165, 1.54) is 0 Å². The van der Waals surface area contributed by atoms with Crippen molar-refractivity contribution in [3.63, 3.8) is 0 Å². The van der Waals surface area contributed by atoms with Crippen molar-refractivity contribution in [2.24, 2.45) is 0 Å². The average Bonchev–Trinajstić information content (AvgIpc) is 2.98. The molecule has 0 unspecified atom stereocenters. The summed E-state index contributed by atoms with van der Waals surface area (Å²) in [6, 6.07) is 31.3. The Morgan fingerprint density at radius 2 is 0.886 bits per heavy atom. The molecule has 2 nitrogen and oxygen atoms in total. The van der Waals surface area contributed by atoms with E-state index < -0.39 is 0 Å². The smallest absolute Gasteiger partial charge is 0.128 e. The van der Waals surface area contributed by atoms with Gasteiger partial charge >= 0.3 is 0 Å². The first-order valence-corrected chi connectivity index (χ1v) is 15.5.